The molecule has 0 saturated heterocycles. The average molecular weight is 359 g/mol. The molecule has 2 aliphatic heterocycles. The van der Waals surface area contributed by atoms with Gasteiger partial charge in [0, 0.05) is 5.02 Å². The molecule has 0 N–H and O–H groups in total. The molecule has 0 saturated carbocycles. The maximum Gasteiger partial charge on any atom is 0.446 e. The summed E-state index contributed by atoms with van der Waals surface area (Å²) in [5.74, 6) is 0.190. The number of amides is 3. The Kier molecular flexibility index (Phi) is 5.13. The largest absolute Gasteiger partial charge is 0.446 e. The highest BCUT2D eigenvalue weighted by molar-refractivity contribution is 6.30. The Morgan fingerprint density at radius 2 is 2.12 bits per heavy atom. The summed E-state index contributed by atoms with van der Waals surface area (Å²) in [4.78, 5) is 31.4. The number of carbonyl (C=O) groups is 2. The van der Waals surface area contributed by atoms with Crippen LogP contribution in [0.4, 0.5) is 4.79 Å². The molecule has 2 aliphatic rings. The second-order valence-corrected chi connectivity index (χ2v) is 7.11. The molecule has 130 valence electrons. The van der Waals surface area contributed by atoms with Crippen molar-refractivity contribution >= 4 is 35.6 Å². The minimum absolute atomic E-state index is 0.198. The first-order valence-corrected chi connectivity index (χ1v) is 8.80. The Morgan fingerprint density at radius 1 is 1.32 bits per heavy atom. The predicted molar refractivity (Wildman–Crippen MR) is 98.1 cm³/mol. The molecular formula is C19H21ClN3O2+. The van der Waals surface area contributed by atoms with Gasteiger partial charge in [-0.05, 0) is 36.1 Å². The van der Waals surface area contributed by atoms with Gasteiger partial charge in [-0.15, -0.1) is 4.99 Å². The van der Waals surface area contributed by atoms with Crippen LogP contribution in [0.3, 0.4) is 0 Å². The van der Waals surface area contributed by atoms with E-state index in [1.165, 1.54) is 4.90 Å². The van der Waals surface area contributed by atoms with Crippen molar-refractivity contribution in [1.82, 2.24) is 4.90 Å². The van der Waals surface area contributed by atoms with E-state index in [9.17, 15) is 9.59 Å². The van der Waals surface area contributed by atoms with E-state index in [4.69, 9.17) is 11.6 Å². The minimum Gasteiger partial charge on any atom is -0.255 e. The Labute approximate surface area is 152 Å². The molecule has 3 amide bonds. The standard InChI is InChI=1S/C19H21ClN3O2/c1-13(2)8-10-22-18(24)16-7-4-9-21-17(16)23(19(22)25)12-14-5-3-6-15(20)11-14/h3-7,9,11,13,16H,8,10,12H2,1-2H3/q+1. The molecule has 0 spiro atoms. The minimum atomic E-state index is -0.506. The zero-order valence-corrected chi connectivity index (χ0v) is 15.1. The number of urea groups is 1. The summed E-state index contributed by atoms with van der Waals surface area (Å²) in [5.41, 5.74) is 0.898. The van der Waals surface area contributed by atoms with Gasteiger partial charge in [0.25, 0.3) is 5.84 Å². The fourth-order valence-corrected chi connectivity index (χ4v) is 3.16. The number of imide groups is 1. The third kappa shape index (κ3) is 3.71. The molecule has 0 bridgehead atoms. The normalized spacial score (nSPS) is 19.8. The van der Waals surface area contributed by atoms with Gasteiger partial charge in [0.15, 0.2) is 5.92 Å². The number of hydrogen-bond acceptors (Lipinski definition) is 3. The van der Waals surface area contributed by atoms with Crippen LogP contribution in [0.15, 0.2) is 41.4 Å². The highest BCUT2D eigenvalue weighted by Gasteiger charge is 2.46. The predicted octanol–water partition coefficient (Wildman–Crippen LogP) is 3.52. The molecular weight excluding hydrogens is 338 g/mol. The summed E-state index contributed by atoms with van der Waals surface area (Å²) in [6.45, 7) is 4.90. The lowest BCUT2D eigenvalue weighted by Gasteiger charge is -2.27. The highest BCUT2D eigenvalue weighted by atomic mass is 35.5. The lowest BCUT2D eigenvalue weighted by atomic mass is 10.0. The molecule has 3 rings (SSSR count). The average Bonchev–Trinajstić information content (AvgIpc) is 2.58. The van der Waals surface area contributed by atoms with Crippen LogP contribution in [-0.4, -0.2) is 40.0 Å². The summed E-state index contributed by atoms with van der Waals surface area (Å²) >= 11 is 6.06. The number of nitrogens with zero attached hydrogens (tertiary/aromatic N) is 3. The molecule has 0 radical (unpaired) electrons. The number of benzene rings is 1. The van der Waals surface area contributed by atoms with Gasteiger partial charge in [0.05, 0.1) is 6.54 Å². The van der Waals surface area contributed by atoms with E-state index in [0.717, 1.165) is 12.0 Å². The molecule has 1 aromatic carbocycles. The van der Waals surface area contributed by atoms with Crippen molar-refractivity contribution in [2.45, 2.75) is 26.8 Å². The Morgan fingerprint density at radius 3 is 2.84 bits per heavy atom. The van der Waals surface area contributed by atoms with Crippen LogP contribution in [-0.2, 0) is 11.3 Å². The maximum absolute atomic E-state index is 13.0. The number of dihydropyridines is 1. The molecule has 0 fully saturated rings. The van der Waals surface area contributed by atoms with Crippen molar-refractivity contribution in [2.75, 3.05) is 6.54 Å². The van der Waals surface area contributed by atoms with Crippen LogP contribution in [0, 0.1) is 11.8 Å². The van der Waals surface area contributed by atoms with Gasteiger partial charge >= 0.3 is 11.9 Å². The number of amidine groups is 1. The third-order valence-corrected chi connectivity index (χ3v) is 4.54. The fraction of sp³-hybridized carbons (Fsp3) is 0.368. The zero-order chi connectivity index (χ0) is 18.0. The summed E-state index contributed by atoms with van der Waals surface area (Å²) in [5, 5.41) is 0.614. The van der Waals surface area contributed by atoms with Crippen molar-refractivity contribution in [3.05, 3.63) is 47.0 Å². The summed E-state index contributed by atoms with van der Waals surface area (Å²) < 4.78 is 1.58. The molecule has 1 unspecified atom stereocenters. The van der Waals surface area contributed by atoms with Crippen LogP contribution < -0.4 is 0 Å². The number of carbonyl (C=O) groups excluding carboxylic acids is 2. The number of fused-ring (bicyclic) bond motifs is 1. The molecule has 25 heavy (non-hydrogen) atoms. The van der Waals surface area contributed by atoms with E-state index in [1.54, 1.807) is 29.0 Å². The van der Waals surface area contributed by atoms with Crippen LogP contribution in [0.5, 0.6) is 0 Å². The van der Waals surface area contributed by atoms with Gasteiger partial charge in [-0.1, -0.05) is 43.7 Å². The van der Waals surface area contributed by atoms with Gasteiger partial charge in [-0.2, -0.15) is 9.48 Å². The summed E-state index contributed by atoms with van der Waals surface area (Å²) in [6.07, 6.45) is 5.93. The molecule has 0 aromatic heterocycles. The Hall–Kier alpha value is -2.27. The quantitative estimate of drug-likeness (QED) is 0.756. The number of hydrogen-bond donors (Lipinski definition) is 0. The van der Waals surface area contributed by atoms with Crippen LogP contribution >= 0.6 is 11.6 Å². The van der Waals surface area contributed by atoms with Crippen molar-refractivity contribution in [3.8, 4) is 0 Å². The van der Waals surface area contributed by atoms with Crippen molar-refractivity contribution in [2.24, 2.45) is 16.8 Å². The zero-order valence-electron chi connectivity index (χ0n) is 14.4. The molecule has 0 aliphatic carbocycles. The SMILES string of the molecule is CC(C)CCN1C(=O)C2C=CC=NC2=[N+](Cc2cccc(Cl)c2)C1=O. The first-order chi connectivity index (χ1) is 12.0. The molecule has 1 atom stereocenters. The van der Waals surface area contributed by atoms with E-state index < -0.39 is 5.92 Å². The van der Waals surface area contributed by atoms with E-state index >= 15 is 0 Å². The molecule has 2 heterocycles. The Balaban J connectivity index is 1.97. The van der Waals surface area contributed by atoms with Crippen molar-refractivity contribution in [3.63, 3.8) is 0 Å². The van der Waals surface area contributed by atoms with E-state index in [1.807, 2.05) is 18.2 Å². The first kappa shape index (κ1) is 17.5. The van der Waals surface area contributed by atoms with E-state index in [0.29, 0.717) is 29.9 Å². The van der Waals surface area contributed by atoms with Gasteiger partial charge < -0.3 is 0 Å². The second-order valence-electron chi connectivity index (χ2n) is 6.67. The fourth-order valence-electron chi connectivity index (χ4n) is 2.94. The molecule has 5 nitrogen and oxygen atoms in total. The van der Waals surface area contributed by atoms with Gasteiger partial charge in [0.1, 0.15) is 12.8 Å². The smallest absolute Gasteiger partial charge is 0.255 e. The van der Waals surface area contributed by atoms with Crippen LogP contribution in [0.1, 0.15) is 25.8 Å². The van der Waals surface area contributed by atoms with Gasteiger partial charge in [0.2, 0.25) is 0 Å². The maximum atomic E-state index is 13.0. The number of halogens is 1. The van der Waals surface area contributed by atoms with Crippen LogP contribution in [0.2, 0.25) is 5.02 Å². The topological polar surface area (TPSA) is 52.8 Å². The highest BCUT2D eigenvalue weighted by Crippen LogP contribution is 2.22. The molecule has 6 heteroatoms. The van der Waals surface area contributed by atoms with Crippen molar-refractivity contribution in [1.29, 1.82) is 0 Å². The lowest BCUT2D eigenvalue weighted by Crippen LogP contribution is -2.54. The number of rotatable bonds is 5. The Bertz CT molecular complexity index is 796. The lowest BCUT2D eigenvalue weighted by molar-refractivity contribution is -0.458. The van der Waals surface area contributed by atoms with Gasteiger partial charge in [-0.3, -0.25) is 4.79 Å². The van der Waals surface area contributed by atoms with Crippen molar-refractivity contribution < 1.29 is 14.2 Å². The number of allylic oxidation sites excluding steroid dienone is 1. The first-order valence-electron chi connectivity index (χ1n) is 8.42. The van der Waals surface area contributed by atoms with Crippen LogP contribution in [0.25, 0.3) is 0 Å². The van der Waals surface area contributed by atoms with E-state index in [-0.39, 0.29) is 11.9 Å². The monoisotopic (exact) mass is 358 g/mol. The van der Waals surface area contributed by atoms with E-state index in [2.05, 4.69) is 18.8 Å². The summed E-state index contributed by atoms with van der Waals surface area (Å²) in [7, 11) is 0. The molecule has 1 aromatic rings. The van der Waals surface area contributed by atoms with Gasteiger partial charge in [-0.25, -0.2) is 4.79 Å². The second kappa shape index (κ2) is 7.31. The summed E-state index contributed by atoms with van der Waals surface area (Å²) in [6, 6.07) is 7.05. The third-order valence-electron chi connectivity index (χ3n) is 4.30. The number of aliphatic imine (C=N–C) groups is 1.